The number of amides is 1. The topological polar surface area (TPSA) is 58.4 Å². The zero-order valence-electron chi connectivity index (χ0n) is 9.12. The molecule has 0 saturated carbocycles. The van der Waals surface area contributed by atoms with E-state index in [-0.39, 0.29) is 11.9 Å². The van der Waals surface area contributed by atoms with Crippen LogP contribution in [0.5, 0.6) is 0 Å². The molecule has 0 aromatic carbocycles. The molecule has 1 heterocycles. The molecule has 4 heteroatoms. The second-order valence-electron chi connectivity index (χ2n) is 3.96. The summed E-state index contributed by atoms with van der Waals surface area (Å²) in [5.41, 5.74) is 5.60. The van der Waals surface area contributed by atoms with Gasteiger partial charge in [0.2, 0.25) is 5.91 Å². The molecule has 82 valence electrons. The Balaban J connectivity index is 2.38. The van der Waals surface area contributed by atoms with E-state index >= 15 is 0 Å². The van der Waals surface area contributed by atoms with Crippen LogP contribution < -0.4 is 11.1 Å². The Labute approximate surface area is 85.8 Å². The number of hydrogen-bond donors (Lipinski definition) is 2. The highest BCUT2D eigenvalue weighted by molar-refractivity contribution is 5.81. The lowest BCUT2D eigenvalue weighted by atomic mass is 10.1. The van der Waals surface area contributed by atoms with E-state index in [1.165, 1.54) is 0 Å². The molecule has 0 aliphatic carbocycles. The molecule has 1 rings (SSSR count). The zero-order valence-corrected chi connectivity index (χ0v) is 9.12. The maximum absolute atomic E-state index is 11.5. The monoisotopic (exact) mass is 199 g/mol. The molecule has 0 bridgehead atoms. The van der Waals surface area contributed by atoms with Crippen molar-refractivity contribution in [2.24, 2.45) is 11.7 Å². The highest BCUT2D eigenvalue weighted by Gasteiger charge is 2.28. The molecule has 1 saturated heterocycles. The van der Waals surface area contributed by atoms with Crippen molar-refractivity contribution in [3.05, 3.63) is 0 Å². The molecule has 1 fully saturated rings. The van der Waals surface area contributed by atoms with E-state index in [1.54, 1.807) is 0 Å². The molecule has 2 atom stereocenters. The third kappa shape index (κ3) is 2.69. The van der Waals surface area contributed by atoms with Gasteiger partial charge in [-0.15, -0.1) is 0 Å². The first kappa shape index (κ1) is 11.5. The van der Waals surface area contributed by atoms with Crippen molar-refractivity contribution >= 4 is 5.91 Å². The minimum absolute atomic E-state index is 0.00787. The maximum atomic E-state index is 11.5. The molecule has 0 spiro atoms. The van der Waals surface area contributed by atoms with Crippen molar-refractivity contribution in [1.82, 2.24) is 10.2 Å². The smallest absolute Gasteiger partial charge is 0.237 e. The van der Waals surface area contributed by atoms with E-state index in [9.17, 15) is 4.79 Å². The average Bonchev–Trinajstić information content (AvgIpc) is 2.65. The molecule has 2 unspecified atom stereocenters. The molecule has 0 aromatic heterocycles. The first-order valence-corrected chi connectivity index (χ1v) is 5.40. The molecule has 14 heavy (non-hydrogen) atoms. The van der Waals surface area contributed by atoms with Crippen molar-refractivity contribution in [2.75, 3.05) is 26.2 Å². The van der Waals surface area contributed by atoms with E-state index in [4.69, 9.17) is 5.73 Å². The molecule has 1 amide bonds. The van der Waals surface area contributed by atoms with Gasteiger partial charge in [-0.05, 0) is 39.3 Å². The largest absolute Gasteiger partial charge is 0.355 e. The fourth-order valence-corrected chi connectivity index (χ4v) is 1.89. The van der Waals surface area contributed by atoms with Crippen LogP contribution in [-0.2, 0) is 4.79 Å². The van der Waals surface area contributed by atoms with Gasteiger partial charge >= 0.3 is 0 Å². The minimum Gasteiger partial charge on any atom is -0.355 e. The van der Waals surface area contributed by atoms with Gasteiger partial charge in [-0.1, -0.05) is 0 Å². The van der Waals surface area contributed by atoms with E-state index < -0.39 is 0 Å². The number of carbonyl (C=O) groups is 1. The Morgan fingerprint density at radius 3 is 2.93 bits per heavy atom. The summed E-state index contributed by atoms with van der Waals surface area (Å²) in [6, 6.07) is -0.00787. The maximum Gasteiger partial charge on any atom is 0.237 e. The predicted octanol–water partition coefficient (Wildman–Crippen LogP) is -0.208. The van der Waals surface area contributed by atoms with Crippen molar-refractivity contribution < 1.29 is 4.79 Å². The van der Waals surface area contributed by atoms with Crippen molar-refractivity contribution in [1.29, 1.82) is 0 Å². The normalized spacial score (nSPS) is 24.9. The van der Waals surface area contributed by atoms with Gasteiger partial charge < -0.3 is 11.1 Å². The predicted molar refractivity (Wildman–Crippen MR) is 56.9 cm³/mol. The SMILES string of the molecule is CCNC(=O)C(C)N1CCC(CN)C1. The van der Waals surface area contributed by atoms with Crippen molar-refractivity contribution in [3.8, 4) is 0 Å². The lowest BCUT2D eigenvalue weighted by Gasteiger charge is -2.23. The lowest BCUT2D eigenvalue weighted by molar-refractivity contribution is -0.125. The molecular formula is C10H21N3O. The number of hydrogen-bond acceptors (Lipinski definition) is 3. The standard InChI is InChI=1S/C10H21N3O/c1-3-12-10(14)8(2)13-5-4-9(6-11)7-13/h8-9H,3-7,11H2,1-2H3,(H,12,14). The lowest BCUT2D eigenvalue weighted by Crippen LogP contribution is -2.44. The first-order chi connectivity index (χ1) is 6.69. The summed E-state index contributed by atoms with van der Waals surface area (Å²) in [7, 11) is 0. The molecule has 3 N–H and O–H groups in total. The summed E-state index contributed by atoms with van der Waals surface area (Å²) in [5, 5.41) is 2.84. The van der Waals surface area contributed by atoms with Crippen LogP contribution in [0.25, 0.3) is 0 Å². The highest BCUT2D eigenvalue weighted by Crippen LogP contribution is 2.17. The summed E-state index contributed by atoms with van der Waals surface area (Å²) in [6.07, 6.45) is 1.13. The molecule has 0 radical (unpaired) electrons. The van der Waals surface area contributed by atoms with Gasteiger partial charge in [0.05, 0.1) is 6.04 Å². The number of nitrogens with zero attached hydrogens (tertiary/aromatic N) is 1. The van der Waals surface area contributed by atoms with Crippen LogP contribution in [0.1, 0.15) is 20.3 Å². The fraction of sp³-hybridized carbons (Fsp3) is 0.900. The summed E-state index contributed by atoms with van der Waals surface area (Å²) in [6.45, 7) is 7.31. The van der Waals surface area contributed by atoms with Crippen LogP contribution in [0, 0.1) is 5.92 Å². The van der Waals surface area contributed by atoms with E-state index in [0.29, 0.717) is 12.5 Å². The first-order valence-electron chi connectivity index (χ1n) is 5.40. The third-order valence-corrected chi connectivity index (χ3v) is 2.93. The number of rotatable bonds is 4. The van der Waals surface area contributed by atoms with Crippen molar-refractivity contribution in [3.63, 3.8) is 0 Å². The average molecular weight is 199 g/mol. The summed E-state index contributed by atoms with van der Waals surface area (Å²) >= 11 is 0. The van der Waals surface area contributed by atoms with Gasteiger partial charge in [0.15, 0.2) is 0 Å². The fourth-order valence-electron chi connectivity index (χ4n) is 1.89. The third-order valence-electron chi connectivity index (χ3n) is 2.93. The van der Waals surface area contributed by atoms with E-state index in [1.807, 2.05) is 13.8 Å². The van der Waals surface area contributed by atoms with Crippen LogP contribution in [-0.4, -0.2) is 43.0 Å². The van der Waals surface area contributed by atoms with Gasteiger partial charge in [0.25, 0.3) is 0 Å². The second kappa shape index (κ2) is 5.32. The minimum atomic E-state index is -0.00787. The molecule has 4 nitrogen and oxygen atoms in total. The number of likely N-dealkylation sites (tertiary alicyclic amines) is 1. The van der Waals surface area contributed by atoms with Gasteiger partial charge in [0.1, 0.15) is 0 Å². The number of nitrogens with one attached hydrogen (secondary N) is 1. The quantitative estimate of drug-likeness (QED) is 0.659. The van der Waals surface area contributed by atoms with Gasteiger partial charge in [-0.25, -0.2) is 0 Å². The zero-order chi connectivity index (χ0) is 10.6. The Morgan fingerprint density at radius 1 is 1.71 bits per heavy atom. The molecule has 1 aliphatic heterocycles. The van der Waals surface area contributed by atoms with E-state index in [2.05, 4.69) is 10.2 Å². The highest BCUT2D eigenvalue weighted by atomic mass is 16.2. The van der Waals surface area contributed by atoms with Gasteiger partial charge in [-0.3, -0.25) is 9.69 Å². The number of carbonyl (C=O) groups excluding carboxylic acids is 1. The summed E-state index contributed by atoms with van der Waals surface area (Å²) < 4.78 is 0. The number of likely N-dealkylation sites (N-methyl/N-ethyl adjacent to an activating group) is 1. The Kier molecular flexibility index (Phi) is 4.35. The number of nitrogens with two attached hydrogens (primary N) is 1. The Morgan fingerprint density at radius 2 is 2.43 bits per heavy atom. The van der Waals surface area contributed by atoms with E-state index in [0.717, 1.165) is 26.1 Å². The van der Waals surface area contributed by atoms with Crippen molar-refractivity contribution in [2.45, 2.75) is 26.3 Å². The molecular weight excluding hydrogens is 178 g/mol. The Bertz CT molecular complexity index is 196. The summed E-state index contributed by atoms with van der Waals surface area (Å²) in [4.78, 5) is 13.8. The van der Waals surface area contributed by atoms with Crippen LogP contribution in [0.4, 0.5) is 0 Å². The van der Waals surface area contributed by atoms with Crippen LogP contribution >= 0.6 is 0 Å². The van der Waals surface area contributed by atoms with Crippen LogP contribution in [0.3, 0.4) is 0 Å². The molecule has 0 aromatic rings. The van der Waals surface area contributed by atoms with Crippen LogP contribution in [0.15, 0.2) is 0 Å². The second-order valence-corrected chi connectivity index (χ2v) is 3.96. The Hall–Kier alpha value is -0.610. The summed E-state index contributed by atoms with van der Waals surface area (Å²) in [5.74, 6) is 0.706. The molecule has 1 aliphatic rings. The van der Waals surface area contributed by atoms with Gasteiger partial charge in [-0.2, -0.15) is 0 Å². The van der Waals surface area contributed by atoms with Crippen LogP contribution in [0.2, 0.25) is 0 Å². The van der Waals surface area contributed by atoms with Gasteiger partial charge in [0, 0.05) is 13.1 Å².